The lowest BCUT2D eigenvalue weighted by Crippen LogP contribution is -2.24. The maximum Gasteiger partial charge on any atom is 0.169 e. The number of carbonyl (C=O) groups is 1. The number of ether oxygens (including phenoxy) is 1. The highest BCUT2D eigenvalue weighted by Gasteiger charge is 2.25. The van der Waals surface area contributed by atoms with Crippen molar-refractivity contribution in [1.29, 1.82) is 0 Å². The molecule has 0 N–H and O–H groups in total. The molecule has 1 aromatic rings. The van der Waals surface area contributed by atoms with Gasteiger partial charge < -0.3 is 4.74 Å². The van der Waals surface area contributed by atoms with E-state index < -0.39 is 5.82 Å². The number of carbonyl (C=O) groups excluding carboxylic acids is 1. The summed E-state index contributed by atoms with van der Waals surface area (Å²) in [5.74, 6) is -0.668. The molecule has 0 amide bonds. The highest BCUT2D eigenvalue weighted by molar-refractivity contribution is 9.10. The molecule has 86 valence electrons. The monoisotopic (exact) mass is 286 g/mol. The van der Waals surface area contributed by atoms with Gasteiger partial charge >= 0.3 is 0 Å². The maximum atomic E-state index is 13.7. The van der Waals surface area contributed by atoms with Crippen molar-refractivity contribution >= 4 is 21.7 Å². The van der Waals surface area contributed by atoms with Gasteiger partial charge in [0.1, 0.15) is 5.82 Å². The standard InChI is InChI=1S/C12H12BrFO2/c13-10-3-1-2-9(11(10)14)12(15)8-4-6-16-7-5-8/h1-3,8H,4-7H2. The van der Waals surface area contributed by atoms with Crippen LogP contribution in [0.5, 0.6) is 0 Å². The van der Waals surface area contributed by atoms with Gasteiger partial charge in [0.25, 0.3) is 0 Å². The molecule has 0 unspecified atom stereocenters. The molecule has 0 saturated carbocycles. The Morgan fingerprint density at radius 2 is 2.06 bits per heavy atom. The van der Waals surface area contributed by atoms with E-state index >= 15 is 0 Å². The minimum absolute atomic E-state index is 0.0995. The Morgan fingerprint density at radius 1 is 1.38 bits per heavy atom. The number of rotatable bonds is 2. The summed E-state index contributed by atoms with van der Waals surface area (Å²) in [6, 6.07) is 4.81. The summed E-state index contributed by atoms with van der Waals surface area (Å²) in [6.45, 7) is 1.18. The summed E-state index contributed by atoms with van der Waals surface area (Å²) in [5, 5.41) is 0. The minimum atomic E-state index is -0.459. The van der Waals surface area contributed by atoms with Gasteiger partial charge in [0.15, 0.2) is 5.78 Å². The second-order valence-corrected chi connectivity index (χ2v) is 4.71. The molecule has 0 atom stereocenters. The number of benzene rings is 1. The number of hydrogen-bond donors (Lipinski definition) is 0. The van der Waals surface area contributed by atoms with E-state index in [9.17, 15) is 9.18 Å². The lowest BCUT2D eigenvalue weighted by atomic mass is 9.91. The number of Topliss-reactive ketones (excluding diaryl/α,β-unsaturated/α-hetero) is 1. The van der Waals surface area contributed by atoms with Crippen LogP contribution in [0.1, 0.15) is 23.2 Å². The van der Waals surface area contributed by atoms with Crippen molar-refractivity contribution in [2.75, 3.05) is 13.2 Å². The van der Waals surface area contributed by atoms with Crippen LogP contribution in [0.2, 0.25) is 0 Å². The van der Waals surface area contributed by atoms with Crippen molar-refractivity contribution in [3.05, 3.63) is 34.1 Å². The fraction of sp³-hybridized carbons (Fsp3) is 0.417. The summed E-state index contributed by atoms with van der Waals surface area (Å²) in [4.78, 5) is 12.1. The topological polar surface area (TPSA) is 26.3 Å². The average Bonchev–Trinajstić information content (AvgIpc) is 2.33. The largest absolute Gasteiger partial charge is 0.381 e. The van der Waals surface area contributed by atoms with Crippen LogP contribution in [-0.2, 0) is 4.74 Å². The maximum absolute atomic E-state index is 13.7. The Kier molecular flexibility index (Phi) is 3.71. The summed E-state index contributed by atoms with van der Waals surface area (Å²) in [5.41, 5.74) is 0.182. The molecule has 1 saturated heterocycles. The van der Waals surface area contributed by atoms with Gasteiger partial charge in [0.2, 0.25) is 0 Å². The molecular formula is C12H12BrFO2. The molecule has 1 heterocycles. The van der Waals surface area contributed by atoms with Gasteiger partial charge in [-0.1, -0.05) is 6.07 Å². The average molecular weight is 287 g/mol. The number of hydrogen-bond acceptors (Lipinski definition) is 2. The Balaban J connectivity index is 2.22. The Labute approximate surface area is 102 Å². The Hall–Kier alpha value is -0.740. The molecule has 16 heavy (non-hydrogen) atoms. The highest BCUT2D eigenvalue weighted by Crippen LogP contribution is 2.25. The van der Waals surface area contributed by atoms with Crippen LogP contribution in [0.4, 0.5) is 4.39 Å². The van der Waals surface area contributed by atoms with Gasteiger partial charge in [-0.2, -0.15) is 0 Å². The van der Waals surface area contributed by atoms with Crippen molar-refractivity contribution in [3.8, 4) is 0 Å². The summed E-state index contributed by atoms with van der Waals surface area (Å²) in [6.07, 6.45) is 1.37. The molecule has 0 aliphatic carbocycles. The normalized spacial score (nSPS) is 17.4. The third-order valence-electron chi connectivity index (χ3n) is 2.81. The van der Waals surface area contributed by atoms with E-state index in [4.69, 9.17) is 4.74 Å². The molecule has 1 fully saturated rings. The van der Waals surface area contributed by atoms with Gasteiger partial charge in [-0.3, -0.25) is 4.79 Å². The van der Waals surface area contributed by atoms with E-state index in [0.29, 0.717) is 30.5 Å². The first-order valence-electron chi connectivity index (χ1n) is 5.26. The third kappa shape index (κ3) is 2.33. The van der Waals surface area contributed by atoms with E-state index in [2.05, 4.69) is 15.9 Å². The van der Waals surface area contributed by atoms with Crippen molar-refractivity contribution < 1.29 is 13.9 Å². The molecule has 1 aliphatic rings. The number of halogens is 2. The van der Waals surface area contributed by atoms with E-state index in [-0.39, 0.29) is 17.3 Å². The zero-order valence-corrected chi connectivity index (χ0v) is 10.3. The summed E-state index contributed by atoms with van der Waals surface area (Å²) < 4.78 is 19.2. The molecular weight excluding hydrogens is 275 g/mol. The first-order valence-corrected chi connectivity index (χ1v) is 6.05. The minimum Gasteiger partial charge on any atom is -0.381 e. The van der Waals surface area contributed by atoms with Crippen molar-refractivity contribution in [1.82, 2.24) is 0 Å². The van der Waals surface area contributed by atoms with E-state index in [1.165, 1.54) is 6.07 Å². The van der Waals surface area contributed by atoms with Crippen molar-refractivity contribution in [2.45, 2.75) is 12.8 Å². The quantitative estimate of drug-likeness (QED) is 0.781. The van der Waals surface area contributed by atoms with Gasteiger partial charge in [0.05, 0.1) is 10.0 Å². The lowest BCUT2D eigenvalue weighted by molar-refractivity contribution is 0.0542. The van der Waals surface area contributed by atoms with Gasteiger partial charge in [-0.05, 0) is 40.9 Å². The van der Waals surface area contributed by atoms with E-state index in [1.54, 1.807) is 12.1 Å². The highest BCUT2D eigenvalue weighted by atomic mass is 79.9. The molecule has 4 heteroatoms. The molecule has 0 aromatic heterocycles. The Bertz CT molecular complexity index is 400. The predicted molar refractivity (Wildman–Crippen MR) is 62.0 cm³/mol. The zero-order chi connectivity index (χ0) is 11.5. The zero-order valence-electron chi connectivity index (χ0n) is 8.71. The summed E-state index contributed by atoms with van der Waals surface area (Å²) in [7, 11) is 0. The second-order valence-electron chi connectivity index (χ2n) is 3.85. The van der Waals surface area contributed by atoms with Crippen LogP contribution in [0, 0.1) is 11.7 Å². The van der Waals surface area contributed by atoms with Gasteiger partial charge in [0, 0.05) is 19.1 Å². The van der Waals surface area contributed by atoms with E-state index in [1.807, 2.05) is 0 Å². The van der Waals surface area contributed by atoms with Crippen LogP contribution in [0.15, 0.2) is 22.7 Å². The fourth-order valence-electron chi connectivity index (χ4n) is 1.87. The molecule has 2 nitrogen and oxygen atoms in total. The number of ketones is 1. The summed E-state index contributed by atoms with van der Waals surface area (Å²) >= 11 is 3.09. The molecule has 1 aromatic carbocycles. The first-order chi connectivity index (χ1) is 7.70. The van der Waals surface area contributed by atoms with Crippen molar-refractivity contribution in [3.63, 3.8) is 0 Å². The lowest BCUT2D eigenvalue weighted by Gasteiger charge is -2.21. The van der Waals surface area contributed by atoms with Gasteiger partial charge in [-0.25, -0.2) is 4.39 Å². The molecule has 0 radical (unpaired) electrons. The van der Waals surface area contributed by atoms with Gasteiger partial charge in [-0.15, -0.1) is 0 Å². The van der Waals surface area contributed by atoms with Crippen LogP contribution >= 0.6 is 15.9 Å². The third-order valence-corrected chi connectivity index (χ3v) is 3.42. The fourth-order valence-corrected chi connectivity index (χ4v) is 2.24. The molecule has 0 bridgehead atoms. The predicted octanol–water partition coefficient (Wildman–Crippen LogP) is 3.20. The SMILES string of the molecule is O=C(c1cccc(Br)c1F)C1CCOCC1. The Morgan fingerprint density at radius 3 is 2.75 bits per heavy atom. The smallest absolute Gasteiger partial charge is 0.169 e. The van der Waals surface area contributed by atoms with Crippen LogP contribution in [0.3, 0.4) is 0 Å². The first kappa shape index (κ1) is 11.7. The second kappa shape index (κ2) is 5.06. The molecule has 1 aliphatic heterocycles. The molecule has 0 spiro atoms. The van der Waals surface area contributed by atoms with E-state index in [0.717, 1.165) is 0 Å². The molecule has 2 rings (SSSR count). The van der Waals surface area contributed by atoms with Crippen LogP contribution in [-0.4, -0.2) is 19.0 Å². The van der Waals surface area contributed by atoms with Crippen LogP contribution < -0.4 is 0 Å². The van der Waals surface area contributed by atoms with Crippen molar-refractivity contribution in [2.24, 2.45) is 5.92 Å². The van der Waals surface area contributed by atoms with Crippen LogP contribution in [0.25, 0.3) is 0 Å².